The van der Waals surface area contributed by atoms with Gasteiger partial charge in [-0.3, -0.25) is 19.7 Å². The molecule has 33 heavy (non-hydrogen) atoms. The molecule has 0 unspecified atom stereocenters. The number of fused-ring (bicyclic) bond motifs is 3. The van der Waals surface area contributed by atoms with E-state index in [0.29, 0.717) is 11.4 Å². The average Bonchev–Trinajstić information content (AvgIpc) is 3.17. The molecule has 0 radical (unpaired) electrons. The molecule has 162 valence electrons. The maximum absolute atomic E-state index is 12.9. The average molecular weight is 438 g/mol. The lowest BCUT2D eigenvalue weighted by Gasteiger charge is -2.12. The zero-order valence-electron chi connectivity index (χ0n) is 17.6. The molecule has 0 fully saturated rings. The molecule has 0 saturated heterocycles. The van der Waals surface area contributed by atoms with Gasteiger partial charge in [0.05, 0.1) is 4.92 Å². The zero-order valence-corrected chi connectivity index (χ0v) is 17.6. The highest BCUT2D eigenvalue weighted by molar-refractivity contribution is 6.03. The first-order chi connectivity index (χ1) is 15.9. The highest BCUT2D eigenvalue weighted by Gasteiger charge is 2.22. The number of aromatic nitrogens is 2. The normalized spacial score (nSPS) is 11.5. The lowest BCUT2D eigenvalue weighted by Crippen LogP contribution is -2.27. The molecule has 1 N–H and O–H groups in total. The van der Waals surface area contributed by atoms with Crippen molar-refractivity contribution >= 4 is 17.3 Å². The van der Waals surface area contributed by atoms with Gasteiger partial charge < -0.3 is 5.32 Å². The second kappa shape index (κ2) is 7.83. The Balaban J connectivity index is 1.48. The maximum atomic E-state index is 12.9. The number of anilines is 1. The number of para-hydroxylation sites is 2. The number of hydrogen-bond donors (Lipinski definition) is 1. The summed E-state index contributed by atoms with van der Waals surface area (Å²) in [6, 6.07) is 21.0. The Morgan fingerprint density at radius 3 is 2.55 bits per heavy atom. The van der Waals surface area contributed by atoms with Crippen molar-refractivity contribution in [2.45, 2.75) is 13.3 Å². The highest BCUT2D eigenvalue weighted by Crippen LogP contribution is 2.37. The van der Waals surface area contributed by atoms with Crippen molar-refractivity contribution in [1.82, 2.24) is 9.78 Å². The van der Waals surface area contributed by atoms with Crippen molar-refractivity contribution in [2.24, 2.45) is 0 Å². The van der Waals surface area contributed by atoms with Crippen LogP contribution in [0.5, 0.6) is 0 Å². The molecule has 0 saturated carbocycles. The molecule has 1 heterocycles. The van der Waals surface area contributed by atoms with Gasteiger partial charge in [-0.2, -0.15) is 5.10 Å². The summed E-state index contributed by atoms with van der Waals surface area (Å²) in [7, 11) is 0. The van der Waals surface area contributed by atoms with Gasteiger partial charge in [0.25, 0.3) is 11.6 Å². The second-order valence-corrected chi connectivity index (χ2v) is 7.82. The third-order valence-electron chi connectivity index (χ3n) is 5.68. The molecule has 8 heteroatoms. The minimum atomic E-state index is -0.678. The number of nitro benzene ring substituents is 1. The largest absolute Gasteiger partial charge is 0.320 e. The van der Waals surface area contributed by atoms with Gasteiger partial charge >= 0.3 is 0 Å². The number of benzene rings is 3. The van der Waals surface area contributed by atoms with Crippen LogP contribution in [0.15, 0.2) is 77.6 Å². The standard InChI is InChI=1S/C25H18N4O4/c1-15-12-23(30)24(27-28(15)21-8-4-5-9-22(21)29(32)33)25(31)26-18-10-11-20-17(14-18)13-16-6-2-3-7-19(16)20/h2-12,14H,13H2,1H3,(H,26,31). The number of hydrogen-bond acceptors (Lipinski definition) is 5. The smallest absolute Gasteiger partial charge is 0.294 e. The molecule has 0 aliphatic heterocycles. The lowest BCUT2D eigenvalue weighted by atomic mass is 10.1. The zero-order chi connectivity index (χ0) is 23.1. The van der Waals surface area contributed by atoms with E-state index in [0.717, 1.165) is 17.5 Å². The van der Waals surface area contributed by atoms with Crippen LogP contribution in [0.3, 0.4) is 0 Å². The summed E-state index contributed by atoms with van der Waals surface area (Å²) in [5, 5.41) is 18.3. The van der Waals surface area contributed by atoms with E-state index in [1.165, 1.54) is 34.0 Å². The van der Waals surface area contributed by atoms with Crippen molar-refractivity contribution in [1.29, 1.82) is 0 Å². The number of rotatable bonds is 4. The fourth-order valence-electron chi connectivity index (χ4n) is 4.16. The summed E-state index contributed by atoms with van der Waals surface area (Å²) in [6.07, 6.45) is 0.766. The summed E-state index contributed by atoms with van der Waals surface area (Å²) in [4.78, 5) is 36.4. The van der Waals surface area contributed by atoms with Gasteiger partial charge in [0.15, 0.2) is 5.69 Å². The molecule has 5 rings (SSSR count). The Bertz CT molecular complexity index is 1510. The first-order valence-corrected chi connectivity index (χ1v) is 10.3. The van der Waals surface area contributed by atoms with Crippen LogP contribution in [0.25, 0.3) is 16.8 Å². The minimum absolute atomic E-state index is 0.171. The molecule has 3 aromatic carbocycles. The van der Waals surface area contributed by atoms with E-state index >= 15 is 0 Å². The third kappa shape index (κ3) is 3.57. The summed E-state index contributed by atoms with van der Waals surface area (Å²) in [6.45, 7) is 1.60. The van der Waals surface area contributed by atoms with Crippen LogP contribution in [0.1, 0.15) is 27.3 Å². The molecule has 4 aromatic rings. The Hall–Kier alpha value is -4.59. The summed E-state index contributed by atoms with van der Waals surface area (Å²) >= 11 is 0. The van der Waals surface area contributed by atoms with Crippen LogP contribution >= 0.6 is 0 Å². The van der Waals surface area contributed by atoms with Gasteiger partial charge in [0.2, 0.25) is 5.43 Å². The van der Waals surface area contributed by atoms with Crippen molar-refractivity contribution in [3.63, 3.8) is 0 Å². The van der Waals surface area contributed by atoms with Gasteiger partial charge in [-0.1, -0.05) is 42.5 Å². The topological polar surface area (TPSA) is 107 Å². The van der Waals surface area contributed by atoms with Crippen molar-refractivity contribution < 1.29 is 9.72 Å². The lowest BCUT2D eigenvalue weighted by molar-refractivity contribution is -0.384. The van der Waals surface area contributed by atoms with Gasteiger partial charge in [-0.15, -0.1) is 0 Å². The SMILES string of the molecule is Cc1cc(=O)c(C(=O)Nc2ccc3c(c2)Cc2ccccc2-3)nn1-c1ccccc1[N+](=O)[O-]. The van der Waals surface area contributed by atoms with E-state index < -0.39 is 16.3 Å². The van der Waals surface area contributed by atoms with Crippen LogP contribution in [-0.2, 0) is 6.42 Å². The van der Waals surface area contributed by atoms with E-state index in [1.807, 2.05) is 24.3 Å². The third-order valence-corrected chi connectivity index (χ3v) is 5.68. The fourth-order valence-corrected chi connectivity index (χ4v) is 4.16. The van der Waals surface area contributed by atoms with E-state index in [1.54, 1.807) is 25.1 Å². The van der Waals surface area contributed by atoms with Gasteiger partial charge in [0, 0.05) is 23.5 Å². The van der Waals surface area contributed by atoms with Gasteiger partial charge in [-0.05, 0) is 53.8 Å². The molecule has 0 spiro atoms. The first-order valence-electron chi connectivity index (χ1n) is 10.3. The molecule has 0 atom stereocenters. The number of aryl methyl sites for hydroxylation is 1. The molecule has 8 nitrogen and oxygen atoms in total. The molecule has 1 aliphatic carbocycles. The monoisotopic (exact) mass is 438 g/mol. The van der Waals surface area contributed by atoms with Crippen LogP contribution in [0.2, 0.25) is 0 Å². The van der Waals surface area contributed by atoms with Crippen molar-refractivity contribution in [3.05, 3.63) is 116 Å². The fraction of sp³-hybridized carbons (Fsp3) is 0.0800. The Kier molecular flexibility index (Phi) is 4.82. The highest BCUT2D eigenvalue weighted by atomic mass is 16.6. The number of nitrogens with one attached hydrogen (secondary N) is 1. The minimum Gasteiger partial charge on any atom is -0.320 e. The summed E-state index contributed by atoms with van der Waals surface area (Å²) in [5.74, 6) is -0.678. The summed E-state index contributed by atoms with van der Waals surface area (Å²) < 4.78 is 1.24. The van der Waals surface area contributed by atoms with E-state index in [9.17, 15) is 19.7 Å². The number of nitro groups is 1. The van der Waals surface area contributed by atoms with Crippen LogP contribution in [-0.4, -0.2) is 20.6 Å². The Labute approximate surface area is 188 Å². The van der Waals surface area contributed by atoms with Crippen LogP contribution in [0, 0.1) is 17.0 Å². The first kappa shape index (κ1) is 20.3. The van der Waals surface area contributed by atoms with E-state index in [4.69, 9.17) is 0 Å². The quantitative estimate of drug-likeness (QED) is 0.333. The molecule has 1 amide bonds. The molecular formula is C25H18N4O4. The number of carbonyl (C=O) groups excluding carboxylic acids is 1. The van der Waals surface area contributed by atoms with Crippen molar-refractivity contribution in [2.75, 3.05) is 5.32 Å². The van der Waals surface area contributed by atoms with Gasteiger partial charge in [0.1, 0.15) is 5.69 Å². The molecule has 0 bridgehead atoms. The molecular weight excluding hydrogens is 420 g/mol. The van der Waals surface area contributed by atoms with E-state index in [2.05, 4.69) is 22.5 Å². The molecule has 1 aliphatic rings. The Morgan fingerprint density at radius 1 is 1.00 bits per heavy atom. The van der Waals surface area contributed by atoms with Crippen molar-refractivity contribution in [3.8, 4) is 16.8 Å². The Morgan fingerprint density at radius 2 is 1.73 bits per heavy atom. The second-order valence-electron chi connectivity index (χ2n) is 7.82. The predicted molar refractivity (Wildman–Crippen MR) is 124 cm³/mol. The van der Waals surface area contributed by atoms with Crippen LogP contribution in [0.4, 0.5) is 11.4 Å². The number of nitrogens with zero attached hydrogens (tertiary/aromatic N) is 3. The number of carbonyl (C=O) groups is 1. The predicted octanol–water partition coefficient (Wildman–Crippen LogP) is 4.27. The van der Waals surface area contributed by atoms with Gasteiger partial charge in [-0.25, -0.2) is 4.68 Å². The van der Waals surface area contributed by atoms with Crippen LogP contribution < -0.4 is 10.7 Å². The number of amides is 1. The summed E-state index contributed by atoms with van der Waals surface area (Å²) in [5.41, 5.74) is 4.62. The van der Waals surface area contributed by atoms with E-state index in [-0.39, 0.29) is 17.1 Å². The maximum Gasteiger partial charge on any atom is 0.294 e. The molecule has 1 aromatic heterocycles.